The molecule has 1 aromatic heterocycles. The second kappa shape index (κ2) is 4.53. The number of hydrogen-bond acceptors (Lipinski definition) is 2. The standard InChI is InChI=1S/C15H17N3O/c1-10-13(9-18(2)17-10)15(19)16-14-6-4-3-5-12(14)11-7-8-11/h3-6,9,11H,7-8H2,1-2H3,(H,16,19). The van der Waals surface area contributed by atoms with Crippen molar-refractivity contribution >= 4 is 11.6 Å². The molecular weight excluding hydrogens is 238 g/mol. The van der Waals surface area contributed by atoms with Crippen LogP contribution in [-0.4, -0.2) is 15.7 Å². The van der Waals surface area contributed by atoms with Crippen LogP contribution in [0.15, 0.2) is 30.5 Å². The maximum Gasteiger partial charge on any atom is 0.259 e. The predicted octanol–water partition coefficient (Wildman–Crippen LogP) is 2.86. The number of aromatic nitrogens is 2. The molecule has 2 aromatic rings. The van der Waals surface area contributed by atoms with Crippen LogP contribution in [0.4, 0.5) is 5.69 Å². The van der Waals surface area contributed by atoms with E-state index in [0.717, 1.165) is 11.4 Å². The second-order valence-corrected chi connectivity index (χ2v) is 5.12. The minimum Gasteiger partial charge on any atom is -0.322 e. The molecule has 4 nitrogen and oxygen atoms in total. The summed E-state index contributed by atoms with van der Waals surface area (Å²) in [5.41, 5.74) is 3.56. The molecule has 1 aliphatic carbocycles. The number of nitrogens with one attached hydrogen (secondary N) is 1. The molecule has 19 heavy (non-hydrogen) atoms. The van der Waals surface area contributed by atoms with Gasteiger partial charge in [-0.15, -0.1) is 0 Å². The van der Waals surface area contributed by atoms with Gasteiger partial charge in [0.15, 0.2) is 0 Å². The largest absolute Gasteiger partial charge is 0.322 e. The van der Waals surface area contributed by atoms with Gasteiger partial charge in [-0.25, -0.2) is 0 Å². The van der Waals surface area contributed by atoms with Gasteiger partial charge < -0.3 is 5.32 Å². The fraction of sp³-hybridized carbons (Fsp3) is 0.333. The fourth-order valence-electron chi connectivity index (χ4n) is 2.37. The third-order valence-corrected chi connectivity index (χ3v) is 3.48. The van der Waals surface area contributed by atoms with Gasteiger partial charge in [0.2, 0.25) is 0 Å². The Labute approximate surface area is 112 Å². The summed E-state index contributed by atoms with van der Waals surface area (Å²) in [6.07, 6.45) is 4.20. The lowest BCUT2D eigenvalue weighted by Crippen LogP contribution is -2.13. The highest BCUT2D eigenvalue weighted by molar-refractivity contribution is 6.05. The Morgan fingerprint density at radius 2 is 2.11 bits per heavy atom. The average Bonchev–Trinajstić information content (AvgIpc) is 3.15. The lowest BCUT2D eigenvalue weighted by atomic mass is 10.1. The molecule has 0 radical (unpaired) electrons. The summed E-state index contributed by atoms with van der Waals surface area (Å²) in [6, 6.07) is 8.05. The zero-order valence-corrected chi connectivity index (χ0v) is 11.2. The molecular formula is C15H17N3O. The highest BCUT2D eigenvalue weighted by Crippen LogP contribution is 2.43. The molecule has 1 saturated carbocycles. The van der Waals surface area contributed by atoms with E-state index in [1.54, 1.807) is 10.9 Å². The Balaban J connectivity index is 1.85. The number of para-hydroxylation sites is 1. The zero-order chi connectivity index (χ0) is 13.4. The van der Waals surface area contributed by atoms with Gasteiger partial charge >= 0.3 is 0 Å². The number of hydrogen-bond donors (Lipinski definition) is 1. The van der Waals surface area contributed by atoms with Crippen LogP contribution in [0.1, 0.15) is 40.4 Å². The molecule has 0 aliphatic heterocycles. The first-order valence-electron chi connectivity index (χ1n) is 6.55. The van der Waals surface area contributed by atoms with Crippen LogP contribution in [0, 0.1) is 6.92 Å². The smallest absolute Gasteiger partial charge is 0.259 e. The van der Waals surface area contributed by atoms with Crippen molar-refractivity contribution in [3.63, 3.8) is 0 Å². The molecule has 1 heterocycles. The predicted molar refractivity (Wildman–Crippen MR) is 74.3 cm³/mol. The molecule has 1 amide bonds. The van der Waals surface area contributed by atoms with Crippen LogP contribution < -0.4 is 5.32 Å². The molecule has 98 valence electrons. The highest BCUT2D eigenvalue weighted by atomic mass is 16.1. The Morgan fingerprint density at radius 1 is 1.37 bits per heavy atom. The third kappa shape index (κ3) is 2.38. The fourth-order valence-corrected chi connectivity index (χ4v) is 2.37. The van der Waals surface area contributed by atoms with Crippen LogP contribution in [0.3, 0.4) is 0 Å². The molecule has 0 bridgehead atoms. The number of carbonyl (C=O) groups is 1. The number of amides is 1. The molecule has 1 N–H and O–H groups in total. The van der Waals surface area contributed by atoms with E-state index in [1.165, 1.54) is 18.4 Å². The topological polar surface area (TPSA) is 46.9 Å². The molecule has 0 atom stereocenters. The van der Waals surface area contributed by atoms with Gasteiger partial charge in [0, 0.05) is 18.9 Å². The van der Waals surface area contributed by atoms with E-state index in [2.05, 4.69) is 16.5 Å². The number of benzene rings is 1. The quantitative estimate of drug-likeness (QED) is 0.916. The van der Waals surface area contributed by atoms with E-state index in [0.29, 0.717) is 11.5 Å². The van der Waals surface area contributed by atoms with Crippen LogP contribution in [-0.2, 0) is 7.05 Å². The van der Waals surface area contributed by atoms with E-state index in [1.807, 2.05) is 32.2 Å². The lowest BCUT2D eigenvalue weighted by Gasteiger charge is -2.09. The minimum absolute atomic E-state index is 0.0845. The van der Waals surface area contributed by atoms with Gasteiger partial charge in [-0.1, -0.05) is 18.2 Å². The molecule has 0 saturated heterocycles. The van der Waals surface area contributed by atoms with Crippen LogP contribution >= 0.6 is 0 Å². The molecule has 3 rings (SSSR count). The van der Waals surface area contributed by atoms with Crippen LogP contribution in [0.25, 0.3) is 0 Å². The van der Waals surface area contributed by atoms with Gasteiger partial charge in [-0.05, 0) is 37.3 Å². The lowest BCUT2D eigenvalue weighted by molar-refractivity contribution is 0.102. The molecule has 4 heteroatoms. The van der Waals surface area contributed by atoms with Crippen LogP contribution in [0.2, 0.25) is 0 Å². The number of carbonyl (C=O) groups excluding carboxylic acids is 1. The van der Waals surface area contributed by atoms with E-state index < -0.39 is 0 Å². The molecule has 0 spiro atoms. The van der Waals surface area contributed by atoms with Gasteiger partial charge in [-0.3, -0.25) is 9.48 Å². The van der Waals surface area contributed by atoms with Crippen molar-refractivity contribution in [2.75, 3.05) is 5.32 Å². The third-order valence-electron chi connectivity index (χ3n) is 3.48. The number of nitrogens with zero attached hydrogens (tertiary/aromatic N) is 2. The molecule has 0 unspecified atom stereocenters. The van der Waals surface area contributed by atoms with Gasteiger partial charge in [0.1, 0.15) is 0 Å². The molecule has 1 aliphatic rings. The highest BCUT2D eigenvalue weighted by Gasteiger charge is 2.26. The zero-order valence-electron chi connectivity index (χ0n) is 11.2. The first-order valence-corrected chi connectivity index (χ1v) is 6.55. The summed E-state index contributed by atoms with van der Waals surface area (Å²) in [6.45, 7) is 1.85. The maximum absolute atomic E-state index is 12.3. The summed E-state index contributed by atoms with van der Waals surface area (Å²) in [5, 5.41) is 7.21. The monoisotopic (exact) mass is 255 g/mol. The number of anilines is 1. The van der Waals surface area contributed by atoms with Crippen molar-refractivity contribution in [2.45, 2.75) is 25.7 Å². The second-order valence-electron chi connectivity index (χ2n) is 5.12. The van der Waals surface area contributed by atoms with Crippen molar-refractivity contribution in [1.29, 1.82) is 0 Å². The molecule has 1 aromatic carbocycles. The Bertz CT molecular complexity index is 626. The normalized spacial score (nSPS) is 14.4. The van der Waals surface area contributed by atoms with E-state index in [-0.39, 0.29) is 5.91 Å². The average molecular weight is 255 g/mol. The van der Waals surface area contributed by atoms with E-state index >= 15 is 0 Å². The van der Waals surface area contributed by atoms with E-state index in [4.69, 9.17) is 0 Å². The summed E-state index contributed by atoms with van der Waals surface area (Å²) >= 11 is 0. The number of rotatable bonds is 3. The maximum atomic E-state index is 12.3. The SMILES string of the molecule is Cc1nn(C)cc1C(=O)Nc1ccccc1C1CC1. The van der Waals surface area contributed by atoms with Gasteiger partial charge in [-0.2, -0.15) is 5.10 Å². The summed E-state index contributed by atoms with van der Waals surface area (Å²) < 4.78 is 1.66. The van der Waals surface area contributed by atoms with Crippen molar-refractivity contribution in [2.24, 2.45) is 7.05 Å². The Hall–Kier alpha value is -2.10. The van der Waals surface area contributed by atoms with Crippen molar-refractivity contribution < 1.29 is 4.79 Å². The van der Waals surface area contributed by atoms with Crippen molar-refractivity contribution in [1.82, 2.24) is 9.78 Å². The summed E-state index contributed by atoms with van der Waals surface area (Å²) in [7, 11) is 1.82. The van der Waals surface area contributed by atoms with Gasteiger partial charge in [0.05, 0.1) is 11.3 Å². The summed E-state index contributed by atoms with van der Waals surface area (Å²) in [5.74, 6) is 0.533. The van der Waals surface area contributed by atoms with E-state index in [9.17, 15) is 4.79 Å². The van der Waals surface area contributed by atoms with Gasteiger partial charge in [0.25, 0.3) is 5.91 Å². The number of aryl methyl sites for hydroxylation is 2. The Kier molecular flexibility index (Phi) is 2.85. The molecule has 1 fully saturated rings. The van der Waals surface area contributed by atoms with Crippen LogP contribution in [0.5, 0.6) is 0 Å². The van der Waals surface area contributed by atoms with Crippen molar-refractivity contribution in [3.8, 4) is 0 Å². The summed E-state index contributed by atoms with van der Waals surface area (Å²) in [4.78, 5) is 12.3. The van der Waals surface area contributed by atoms with Crippen molar-refractivity contribution in [3.05, 3.63) is 47.3 Å². The minimum atomic E-state index is -0.0845. The first kappa shape index (κ1) is 12.0. The Morgan fingerprint density at radius 3 is 2.74 bits per heavy atom. The first-order chi connectivity index (χ1) is 9.15.